The molecule has 2 N–H and O–H groups in total. The minimum Gasteiger partial charge on any atom is -0.502 e. The quantitative estimate of drug-likeness (QED) is 0.604. The molecular formula is C24H30FN5O5. The predicted molar refractivity (Wildman–Crippen MR) is 124 cm³/mol. The Morgan fingerprint density at radius 1 is 1.14 bits per heavy atom. The zero-order chi connectivity index (χ0) is 25.2. The van der Waals surface area contributed by atoms with Crippen molar-refractivity contribution in [2.45, 2.75) is 38.9 Å². The summed E-state index contributed by atoms with van der Waals surface area (Å²) in [6.07, 6.45) is -0.293. The van der Waals surface area contributed by atoms with Crippen molar-refractivity contribution in [2.75, 3.05) is 39.4 Å². The fraction of sp³-hybridized carbons (Fsp3) is 0.500. The number of hydrogen-bond donors (Lipinski definition) is 2. The summed E-state index contributed by atoms with van der Waals surface area (Å²) in [5.41, 5.74) is -0.702. The van der Waals surface area contributed by atoms with E-state index < -0.39 is 22.8 Å². The first-order chi connectivity index (χ1) is 16.7. The zero-order valence-electron chi connectivity index (χ0n) is 19.9. The molecule has 10 nitrogen and oxygen atoms in total. The van der Waals surface area contributed by atoms with Crippen LogP contribution < -0.4 is 10.9 Å². The number of rotatable bonds is 6. The highest BCUT2D eigenvalue weighted by Gasteiger charge is 2.39. The second kappa shape index (κ2) is 10.1. The molecule has 1 saturated heterocycles. The van der Waals surface area contributed by atoms with Crippen LogP contribution in [0.5, 0.6) is 5.75 Å². The van der Waals surface area contributed by atoms with Crippen LogP contribution in [0.1, 0.15) is 30.9 Å². The number of halogens is 1. The maximum absolute atomic E-state index is 13.1. The highest BCUT2D eigenvalue weighted by atomic mass is 19.1. The number of benzene rings is 1. The maximum Gasteiger partial charge on any atom is 0.296 e. The molecule has 1 aromatic heterocycles. The third-order valence-electron chi connectivity index (χ3n) is 6.57. The van der Waals surface area contributed by atoms with Crippen molar-refractivity contribution < 1.29 is 23.8 Å². The topological polar surface area (TPSA) is 117 Å². The van der Waals surface area contributed by atoms with E-state index in [1.165, 1.54) is 16.7 Å². The van der Waals surface area contributed by atoms with Crippen molar-refractivity contribution in [1.82, 2.24) is 24.7 Å². The largest absolute Gasteiger partial charge is 0.502 e. The number of ether oxygens (including phenoxy) is 1. The monoisotopic (exact) mass is 487 g/mol. The molecular weight excluding hydrogens is 457 g/mol. The van der Waals surface area contributed by atoms with Crippen molar-refractivity contribution >= 4 is 11.8 Å². The Morgan fingerprint density at radius 2 is 1.83 bits per heavy atom. The van der Waals surface area contributed by atoms with E-state index in [1.807, 2.05) is 18.7 Å². The van der Waals surface area contributed by atoms with Gasteiger partial charge in [-0.15, -0.1) is 0 Å². The van der Waals surface area contributed by atoms with Gasteiger partial charge in [-0.2, -0.15) is 0 Å². The van der Waals surface area contributed by atoms with Gasteiger partial charge in [0, 0.05) is 32.7 Å². The molecule has 4 rings (SSSR count). The Morgan fingerprint density at radius 3 is 2.51 bits per heavy atom. The lowest BCUT2D eigenvalue weighted by atomic mass is 9.97. The van der Waals surface area contributed by atoms with Crippen LogP contribution in [0.15, 0.2) is 29.1 Å². The lowest BCUT2D eigenvalue weighted by Gasteiger charge is -2.43. The molecule has 2 aliphatic rings. The maximum atomic E-state index is 13.1. The number of carbonyl (C=O) groups excluding carboxylic acids is 2. The van der Waals surface area contributed by atoms with E-state index in [4.69, 9.17) is 4.74 Å². The Bertz CT molecular complexity index is 1160. The second-order valence-corrected chi connectivity index (χ2v) is 9.24. The molecule has 0 saturated carbocycles. The number of nitrogens with zero attached hydrogens (tertiary/aromatic N) is 4. The Kier molecular flexibility index (Phi) is 7.18. The summed E-state index contributed by atoms with van der Waals surface area (Å²) in [6.45, 7) is 6.91. The number of aromatic hydroxyl groups is 1. The molecule has 1 aromatic carbocycles. The number of fused-ring (bicyclic) bond motifs is 1. The first-order valence-corrected chi connectivity index (χ1v) is 11.6. The van der Waals surface area contributed by atoms with Crippen molar-refractivity contribution in [1.29, 1.82) is 0 Å². The third kappa shape index (κ3) is 5.35. The van der Waals surface area contributed by atoms with Crippen LogP contribution in [0, 0.1) is 5.82 Å². The first kappa shape index (κ1) is 24.8. The summed E-state index contributed by atoms with van der Waals surface area (Å²) in [5.74, 6) is -0.986. The predicted octanol–water partition coefficient (Wildman–Crippen LogP) is 0.356. The van der Waals surface area contributed by atoms with Crippen molar-refractivity contribution in [2.24, 2.45) is 0 Å². The van der Waals surface area contributed by atoms with E-state index in [9.17, 15) is 23.9 Å². The van der Waals surface area contributed by atoms with Gasteiger partial charge in [-0.1, -0.05) is 12.1 Å². The molecule has 35 heavy (non-hydrogen) atoms. The van der Waals surface area contributed by atoms with Crippen LogP contribution in [-0.4, -0.2) is 75.7 Å². The van der Waals surface area contributed by atoms with Crippen molar-refractivity contribution in [3.05, 3.63) is 57.5 Å². The molecule has 0 aliphatic carbocycles. The van der Waals surface area contributed by atoms with Gasteiger partial charge in [0.15, 0.2) is 0 Å². The van der Waals surface area contributed by atoms with Gasteiger partial charge in [-0.05, 0) is 31.5 Å². The highest BCUT2D eigenvalue weighted by Crippen LogP contribution is 2.30. The molecule has 0 spiro atoms. The SMILES string of the molecule is CC1(C)c2nc(CC(=O)NCc3ccc(F)cc3)c(O)c(=O)n2CCN1CC(=O)N1CCOCC1. The van der Waals surface area contributed by atoms with E-state index in [-0.39, 0.29) is 43.5 Å². The van der Waals surface area contributed by atoms with E-state index in [1.54, 1.807) is 17.0 Å². The van der Waals surface area contributed by atoms with Gasteiger partial charge < -0.3 is 20.1 Å². The molecule has 3 heterocycles. The van der Waals surface area contributed by atoms with Crippen LogP contribution in [0.3, 0.4) is 0 Å². The average molecular weight is 488 g/mol. The molecule has 2 amide bonds. The van der Waals surface area contributed by atoms with Crippen molar-refractivity contribution in [3.8, 4) is 5.75 Å². The Labute approximate surface area is 202 Å². The number of carbonyl (C=O) groups is 2. The number of aromatic nitrogens is 2. The summed E-state index contributed by atoms with van der Waals surface area (Å²) < 4.78 is 19.8. The zero-order valence-corrected chi connectivity index (χ0v) is 19.9. The fourth-order valence-electron chi connectivity index (χ4n) is 4.40. The van der Waals surface area contributed by atoms with Crippen LogP contribution >= 0.6 is 0 Å². The second-order valence-electron chi connectivity index (χ2n) is 9.24. The van der Waals surface area contributed by atoms with Gasteiger partial charge in [0.05, 0.1) is 37.4 Å². The summed E-state index contributed by atoms with van der Waals surface area (Å²) in [4.78, 5) is 46.5. The number of amides is 2. The lowest BCUT2D eigenvalue weighted by molar-refractivity contribution is -0.138. The minimum atomic E-state index is -0.785. The van der Waals surface area contributed by atoms with Gasteiger partial charge in [0.25, 0.3) is 5.56 Å². The van der Waals surface area contributed by atoms with Crippen LogP contribution in [0.2, 0.25) is 0 Å². The van der Waals surface area contributed by atoms with Gasteiger partial charge in [0.1, 0.15) is 11.6 Å². The van der Waals surface area contributed by atoms with Crippen LogP contribution in [-0.2, 0) is 39.4 Å². The summed E-state index contributed by atoms with van der Waals surface area (Å²) >= 11 is 0. The first-order valence-electron chi connectivity index (χ1n) is 11.6. The van der Waals surface area contributed by atoms with Gasteiger partial charge >= 0.3 is 0 Å². The fourth-order valence-corrected chi connectivity index (χ4v) is 4.40. The van der Waals surface area contributed by atoms with E-state index in [0.29, 0.717) is 44.2 Å². The van der Waals surface area contributed by atoms with Crippen molar-refractivity contribution in [3.63, 3.8) is 0 Å². The van der Waals surface area contributed by atoms with Gasteiger partial charge in [-0.25, -0.2) is 9.37 Å². The minimum absolute atomic E-state index is 0.0173. The molecule has 0 atom stereocenters. The molecule has 188 valence electrons. The molecule has 2 aliphatic heterocycles. The van der Waals surface area contributed by atoms with Crippen LogP contribution in [0.25, 0.3) is 0 Å². The smallest absolute Gasteiger partial charge is 0.296 e. The number of hydrogen-bond acceptors (Lipinski definition) is 7. The van der Waals surface area contributed by atoms with E-state index in [0.717, 1.165) is 0 Å². The normalized spacial score (nSPS) is 17.6. The number of nitrogens with one attached hydrogen (secondary N) is 1. The van der Waals surface area contributed by atoms with E-state index >= 15 is 0 Å². The summed E-state index contributed by atoms with van der Waals surface area (Å²) in [6, 6.07) is 5.73. The van der Waals surface area contributed by atoms with Gasteiger partial charge in [-0.3, -0.25) is 23.9 Å². The molecule has 0 unspecified atom stereocenters. The Hall–Kier alpha value is -3.31. The third-order valence-corrected chi connectivity index (χ3v) is 6.57. The highest BCUT2D eigenvalue weighted by molar-refractivity contribution is 5.79. The summed E-state index contributed by atoms with van der Waals surface area (Å²) in [5, 5.41) is 13.2. The Balaban J connectivity index is 1.49. The lowest BCUT2D eigenvalue weighted by Crippen LogP contribution is -2.56. The molecule has 1 fully saturated rings. The molecule has 11 heteroatoms. The standard InChI is InChI=1S/C24H30FN5O5/c1-24(2)23-27-18(13-19(31)26-14-16-3-5-17(25)6-4-16)21(33)22(34)30(23)8-7-29(24)15-20(32)28-9-11-35-12-10-28/h3-6,33H,7-15H2,1-2H3,(H,26,31). The van der Waals surface area contributed by atoms with Gasteiger partial charge in [0.2, 0.25) is 17.6 Å². The summed E-state index contributed by atoms with van der Waals surface area (Å²) in [7, 11) is 0. The van der Waals surface area contributed by atoms with E-state index in [2.05, 4.69) is 10.3 Å². The molecule has 2 aromatic rings. The average Bonchev–Trinajstić information content (AvgIpc) is 2.84. The van der Waals surface area contributed by atoms with Crippen LogP contribution in [0.4, 0.5) is 4.39 Å². The number of morpholine rings is 1. The molecule has 0 radical (unpaired) electrons. The molecule has 0 bridgehead atoms.